The topological polar surface area (TPSA) is 38.3 Å². The lowest BCUT2D eigenvalue weighted by molar-refractivity contribution is -0.123. The summed E-state index contributed by atoms with van der Waals surface area (Å²) in [5, 5.41) is 2.98. The van der Waals surface area contributed by atoms with Gasteiger partial charge in [0, 0.05) is 0 Å². The van der Waals surface area contributed by atoms with E-state index in [1.165, 1.54) is 16.7 Å². The number of hydrogen-bond donors (Lipinski definition) is 1. The average Bonchev–Trinajstić information content (AvgIpc) is 2.55. The van der Waals surface area contributed by atoms with Crippen molar-refractivity contribution in [1.29, 1.82) is 0 Å². The van der Waals surface area contributed by atoms with Crippen LogP contribution in [0.3, 0.4) is 0 Å². The molecule has 2 aromatic carbocycles. The molecular formula is C22H29NO2. The van der Waals surface area contributed by atoms with Crippen molar-refractivity contribution >= 4 is 5.91 Å². The first kappa shape index (κ1) is 19.0. The average molecular weight is 339 g/mol. The molecule has 0 radical (unpaired) electrons. The molecule has 25 heavy (non-hydrogen) atoms. The van der Waals surface area contributed by atoms with E-state index < -0.39 is 0 Å². The van der Waals surface area contributed by atoms with Crippen LogP contribution in [-0.4, -0.2) is 12.5 Å². The largest absolute Gasteiger partial charge is 0.484 e. The summed E-state index contributed by atoms with van der Waals surface area (Å²) < 4.78 is 5.60. The summed E-state index contributed by atoms with van der Waals surface area (Å²) in [5.74, 6) is 0.590. The highest BCUT2D eigenvalue weighted by Crippen LogP contribution is 2.24. The lowest BCUT2D eigenvalue weighted by Crippen LogP contribution is -2.31. The smallest absolute Gasteiger partial charge is 0.258 e. The van der Waals surface area contributed by atoms with Gasteiger partial charge in [0.2, 0.25) is 0 Å². The van der Waals surface area contributed by atoms with Gasteiger partial charge in [0.05, 0.1) is 6.04 Å². The van der Waals surface area contributed by atoms with Gasteiger partial charge in [0.1, 0.15) is 5.75 Å². The number of amides is 1. The second kappa shape index (κ2) is 7.73. The van der Waals surface area contributed by atoms with Gasteiger partial charge in [-0.3, -0.25) is 4.79 Å². The Morgan fingerprint density at radius 3 is 2.24 bits per heavy atom. The Morgan fingerprint density at radius 2 is 1.68 bits per heavy atom. The second-order valence-electron chi connectivity index (χ2n) is 7.70. The molecule has 2 rings (SSSR count). The maximum atomic E-state index is 12.1. The van der Waals surface area contributed by atoms with E-state index in [1.54, 1.807) is 0 Å². The molecule has 0 fully saturated rings. The highest BCUT2D eigenvalue weighted by Gasteiger charge is 2.14. The molecule has 0 aliphatic rings. The molecule has 0 saturated carbocycles. The Labute approximate surface area is 151 Å². The predicted octanol–water partition coefficient (Wildman–Crippen LogP) is 4.86. The first-order chi connectivity index (χ1) is 11.7. The maximum Gasteiger partial charge on any atom is 0.258 e. The van der Waals surface area contributed by atoms with Crippen molar-refractivity contribution in [3.63, 3.8) is 0 Å². The summed E-state index contributed by atoms with van der Waals surface area (Å²) in [6.45, 7) is 12.7. The fourth-order valence-corrected chi connectivity index (χ4v) is 2.60. The molecule has 0 aliphatic heterocycles. The summed E-state index contributed by atoms with van der Waals surface area (Å²) in [5.41, 5.74) is 4.94. The number of rotatable bonds is 5. The van der Waals surface area contributed by atoms with Crippen molar-refractivity contribution in [1.82, 2.24) is 5.32 Å². The summed E-state index contributed by atoms with van der Waals surface area (Å²) in [6, 6.07) is 14.1. The number of aryl methyl sites for hydroxylation is 2. The Bertz CT molecular complexity index is 727. The minimum atomic E-state index is -0.120. The van der Waals surface area contributed by atoms with Crippen molar-refractivity contribution in [3.8, 4) is 5.75 Å². The molecule has 0 saturated heterocycles. The third-order valence-electron chi connectivity index (χ3n) is 4.50. The predicted molar refractivity (Wildman–Crippen MR) is 103 cm³/mol. The molecule has 0 heterocycles. The van der Waals surface area contributed by atoms with Gasteiger partial charge in [-0.2, -0.15) is 0 Å². The van der Waals surface area contributed by atoms with Crippen LogP contribution < -0.4 is 10.1 Å². The molecule has 1 atom stereocenters. The normalized spacial score (nSPS) is 12.6. The monoisotopic (exact) mass is 339 g/mol. The van der Waals surface area contributed by atoms with Crippen LogP contribution in [0.25, 0.3) is 0 Å². The van der Waals surface area contributed by atoms with Crippen LogP contribution in [0.4, 0.5) is 0 Å². The van der Waals surface area contributed by atoms with Gasteiger partial charge in [-0.05, 0) is 60.6 Å². The zero-order chi connectivity index (χ0) is 18.6. The number of carbonyl (C=O) groups excluding carboxylic acids is 1. The summed E-state index contributed by atoms with van der Waals surface area (Å²) in [7, 11) is 0. The SMILES string of the molecule is Cc1ccc([C@@H](C)NC(=O)COc2ccc(C(C)(C)C)cc2)cc1C. The van der Waals surface area contributed by atoms with E-state index in [0.29, 0.717) is 5.75 Å². The summed E-state index contributed by atoms with van der Waals surface area (Å²) in [6.07, 6.45) is 0. The van der Waals surface area contributed by atoms with Gasteiger partial charge in [0.25, 0.3) is 5.91 Å². The fraction of sp³-hybridized carbons (Fsp3) is 0.409. The highest BCUT2D eigenvalue weighted by atomic mass is 16.5. The molecule has 0 bridgehead atoms. The number of carbonyl (C=O) groups is 1. The summed E-state index contributed by atoms with van der Waals surface area (Å²) >= 11 is 0. The highest BCUT2D eigenvalue weighted by molar-refractivity contribution is 5.78. The minimum absolute atomic E-state index is 0.0179. The number of hydrogen-bond acceptors (Lipinski definition) is 2. The molecule has 1 N–H and O–H groups in total. The van der Waals surface area contributed by atoms with Gasteiger partial charge in [-0.15, -0.1) is 0 Å². The van der Waals surface area contributed by atoms with E-state index in [9.17, 15) is 4.79 Å². The molecule has 0 aliphatic carbocycles. The Balaban J connectivity index is 1.88. The molecule has 1 amide bonds. The Kier molecular flexibility index (Phi) is 5.89. The van der Waals surface area contributed by atoms with Gasteiger partial charge in [-0.1, -0.05) is 51.1 Å². The Morgan fingerprint density at radius 1 is 1.04 bits per heavy atom. The lowest BCUT2D eigenvalue weighted by Gasteiger charge is -2.19. The zero-order valence-electron chi connectivity index (χ0n) is 16.1. The number of benzene rings is 2. The van der Waals surface area contributed by atoms with Gasteiger partial charge in [-0.25, -0.2) is 0 Å². The van der Waals surface area contributed by atoms with E-state index in [4.69, 9.17) is 4.74 Å². The van der Waals surface area contributed by atoms with Crippen molar-refractivity contribution in [2.45, 2.75) is 53.0 Å². The first-order valence-corrected chi connectivity index (χ1v) is 8.76. The van der Waals surface area contributed by atoms with Crippen LogP contribution in [0.1, 0.15) is 56.0 Å². The van der Waals surface area contributed by atoms with Crippen LogP contribution in [0, 0.1) is 13.8 Å². The van der Waals surface area contributed by atoms with Crippen LogP contribution in [0.5, 0.6) is 5.75 Å². The van der Waals surface area contributed by atoms with Gasteiger partial charge >= 0.3 is 0 Å². The minimum Gasteiger partial charge on any atom is -0.484 e. The van der Waals surface area contributed by atoms with Crippen molar-refractivity contribution in [2.24, 2.45) is 0 Å². The molecule has 2 aromatic rings. The van der Waals surface area contributed by atoms with E-state index in [2.05, 4.69) is 58.1 Å². The third-order valence-corrected chi connectivity index (χ3v) is 4.50. The van der Waals surface area contributed by atoms with Crippen LogP contribution in [-0.2, 0) is 10.2 Å². The molecular weight excluding hydrogens is 310 g/mol. The van der Waals surface area contributed by atoms with Crippen molar-refractivity contribution in [3.05, 3.63) is 64.7 Å². The van der Waals surface area contributed by atoms with E-state index in [0.717, 1.165) is 5.56 Å². The number of nitrogens with one attached hydrogen (secondary N) is 1. The van der Waals surface area contributed by atoms with Gasteiger partial charge in [0.15, 0.2) is 6.61 Å². The molecule has 3 heteroatoms. The van der Waals surface area contributed by atoms with Crippen LogP contribution >= 0.6 is 0 Å². The molecule has 3 nitrogen and oxygen atoms in total. The molecule has 134 valence electrons. The molecule has 0 unspecified atom stereocenters. The van der Waals surface area contributed by atoms with Gasteiger partial charge < -0.3 is 10.1 Å². The fourth-order valence-electron chi connectivity index (χ4n) is 2.60. The third kappa shape index (κ3) is 5.35. The summed E-state index contributed by atoms with van der Waals surface area (Å²) in [4.78, 5) is 12.1. The molecule has 0 spiro atoms. The van der Waals surface area contributed by atoms with Crippen molar-refractivity contribution < 1.29 is 9.53 Å². The number of ether oxygens (including phenoxy) is 1. The Hall–Kier alpha value is -2.29. The van der Waals surface area contributed by atoms with Crippen molar-refractivity contribution in [2.75, 3.05) is 6.61 Å². The maximum absolute atomic E-state index is 12.1. The molecule has 0 aromatic heterocycles. The first-order valence-electron chi connectivity index (χ1n) is 8.76. The van der Waals surface area contributed by atoms with E-state index in [1.807, 2.05) is 31.2 Å². The van der Waals surface area contributed by atoms with E-state index >= 15 is 0 Å². The standard InChI is InChI=1S/C22H29NO2/c1-15-7-8-18(13-16(15)2)17(3)23-21(24)14-25-20-11-9-19(10-12-20)22(4,5)6/h7-13,17H,14H2,1-6H3,(H,23,24)/t17-/m1/s1. The van der Waals surface area contributed by atoms with E-state index in [-0.39, 0.29) is 24.0 Å². The van der Waals surface area contributed by atoms with Crippen LogP contribution in [0.2, 0.25) is 0 Å². The lowest BCUT2D eigenvalue weighted by atomic mass is 9.87. The zero-order valence-corrected chi connectivity index (χ0v) is 16.1. The quantitative estimate of drug-likeness (QED) is 0.845. The van der Waals surface area contributed by atoms with Crippen LogP contribution in [0.15, 0.2) is 42.5 Å². The second-order valence-corrected chi connectivity index (χ2v) is 7.70.